The predicted molar refractivity (Wildman–Crippen MR) is 79.7 cm³/mol. The van der Waals surface area contributed by atoms with E-state index in [4.69, 9.17) is 4.74 Å². The number of benzene rings is 2. The molecule has 0 aliphatic carbocycles. The molecule has 0 saturated carbocycles. The maximum absolute atomic E-state index is 5.98. The van der Waals surface area contributed by atoms with Gasteiger partial charge in [-0.2, -0.15) is 0 Å². The van der Waals surface area contributed by atoms with E-state index < -0.39 is 0 Å². The molecule has 100 valence electrons. The molecule has 0 amide bonds. The fourth-order valence-corrected chi connectivity index (χ4v) is 2.80. The fourth-order valence-electron chi connectivity index (χ4n) is 2.80. The molecule has 19 heavy (non-hydrogen) atoms. The summed E-state index contributed by atoms with van der Waals surface area (Å²) in [6.45, 7) is 1.96. The van der Waals surface area contributed by atoms with Gasteiger partial charge in [-0.15, -0.1) is 0 Å². The highest BCUT2D eigenvalue weighted by atomic mass is 16.5. The molecule has 2 aromatic carbocycles. The van der Waals surface area contributed by atoms with Crippen LogP contribution >= 0.6 is 0 Å². The van der Waals surface area contributed by atoms with Gasteiger partial charge in [0.05, 0.1) is 6.61 Å². The number of hydrogen-bond donors (Lipinski definition) is 1. The van der Waals surface area contributed by atoms with Gasteiger partial charge in [0.25, 0.3) is 0 Å². The first-order valence-corrected chi connectivity index (χ1v) is 7.27. The van der Waals surface area contributed by atoms with Crippen LogP contribution in [-0.4, -0.2) is 19.2 Å². The van der Waals surface area contributed by atoms with Crippen molar-refractivity contribution in [2.24, 2.45) is 0 Å². The summed E-state index contributed by atoms with van der Waals surface area (Å²) in [4.78, 5) is 0. The highest BCUT2D eigenvalue weighted by Gasteiger charge is 2.12. The Bertz CT molecular complexity index is 526. The van der Waals surface area contributed by atoms with Crippen LogP contribution in [0.4, 0.5) is 0 Å². The molecule has 0 bridgehead atoms. The largest absolute Gasteiger partial charge is 0.493 e. The minimum absolute atomic E-state index is 0.642. The van der Waals surface area contributed by atoms with Gasteiger partial charge in [-0.1, -0.05) is 42.8 Å². The molecule has 2 heteroatoms. The summed E-state index contributed by atoms with van der Waals surface area (Å²) >= 11 is 0. The molecule has 0 aromatic heterocycles. The third-order valence-electron chi connectivity index (χ3n) is 3.89. The summed E-state index contributed by atoms with van der Waals surface area (Å²) in [5.41, 5.74) is 0. The van der Waals surface area contributed by atoms with Crippen LogP contribution in [0.2, 0.25) is 0 Å². The van der Waals surface area contributed by atoms with Gasteiger partial charge in [0.2, 0.25) is 0 Å². The average molecular weight is 255 g/mol. The lowest BCUT2D eigenvalue weighted by molar-refractivity contribution is 0.270. The summed E-state index contributed by atoms with van der Waals surface area (Å²) < 4.78 is 5.98. The SMILES string of the molecule is c1ccc2c(OCCC3CCCCN3)cccc2c1. The molecule has 1 heterocycles. The Morgan fingerprint density at radius 3 is 2.84 bits per heavy atom. The van der Waals surface area contributed by atoms with Crippen LogP contribution in [0.1, 0.15) is 25.7 Å². The van der Waals surface area contributed by atoms with E-state index in [1.165, 1.54) is 36.6 Å². The first-order valence-electron chi connectivity index (χ1n) is 7.27. The van der Waals surface area contributed by atoms with Crippen molar-refractivity contribution in [1.82, 2.24) is 5.32 Å². The Labute approximate surface area is 114 Å². The monoisotopic (exact) mass is 255 g/mol. The number of piperidine rings is 1. The summed E-state index contributed by atoms with van der Waals surface area (Å²) in [5, 5.41) is 6.02. The van der Waals surface area contributed by atoms with Crippen LogP contribution in [-0.2, 0) is 0 Å². The molecular formula is C17H21NO. The molecule has 0 radical (unpaired) electrons. The standard InChI is InChI=1S/C17H21NO/c1-2-9-16-14(6-1)7-5-10-17(16)19-13-11-15-8-3-4-12-18-15/h1-2,5-7,9-10,15,18H,3-4,8,11-13H2. The van der Waals surface area contributed by atoms with E-state index in [0.717, 1.165) is 18.8 Å². The van der Waals surface area contributed by atoms with Crippen molar-refractivity contribution in [2.45, 2.75) is 31.7 Å². The van der Waals surface area contributed by atoms with Gasteiger partial charge >= 0.3 is 0 Å². The lowest BCUT2D eigenvalue weighted by atomic mass is 10.0. The maximum Gasteiger partial charge on any atom is 0.127 e. The van der Waals surface area contributed by atoms with Gasteiger partial charge < -0.3 is 10.1 Å². The number of fused-ring (bicyclic) bond motifs is 1. The van der Waals surface area contributed by atoms with Crippen molar-refractivity contribution in [3.8, 4) is 5.75 Å². The van der Waals surface area contributed by atoms with E-state index in [0.29, 0.717) is 6.04 Å². The van der Waals surface area contributed by atoms with Crippen molar-refractivity contribution >= 4 is 10.8 Å². The van der Waals surface area contributed by atoms with Gasteiger partial charge in [-0.25, -0.2) is 0 Å². The summed E-state index contributed by atoms with van der Waals surface area (Å²) in [6, 6.07) is 15.3. The van der Waals surface area contributed by atoms with Crippen LogP contribution < -0.4 is 10.1 Å². The molecule has 1 fully saturated rings. The zero-order valence-electron chi connectivity index (χ0n) is 11.3. The lowest BCUT2D eigenvalue weighted by Crippen LogP contribution is -2.35. The van der Waals surface area contributed by atoms with Crippen molar-refractivity contribution < 1.29 is 4.74 Å². The lowest BCUT2D eigenvalue weighted by Gasteiger charge is -2.23. The molecule has 1 unspecified atom stereocenters. The Balaban J connectivity index is 1.62. The second-order valence-electron chi connectivity index (χ2n) is 5.26. The second kappa shape index (κ2) is 6.07. The average Bonchev–Trinajstić information content (AvgIpc) is 2.49. The van der Waals surface area contributed by atoms with E-state index in [-0.39, 0.29) is 0 Å². The number of hydrogen-bond acceptors (Lipinski definition) is 2. The number of nitrogens with one attached hydrogen (secondary N) is 1. The van der Waals surface area contributed by atoms with E-state index in [9.17, 15) is 0 Å². The van der Waals surface area contributed by atoms with E-state index in [1.54, 1.807) is 0 Å². The smallest absolute Gasteiger partial charge is 0.127 e. The Morgan fingerprint density at radius 2 is 1.95 bits per heavy atom. The predicted octanol–water partition coefficient (Wildman–Crippen LogP) is 3.75. The molecule has 1 atom stereocenters. The normalized spacial score (nSPS) is 19.5. The Morgan fingerprint density at radius 1 is 1.05 bits per heavy atom. The zero-order chi connectivity index (χ0) is 12.9. The van der Waals surface area contributed by atoms with Crippen LogP contribution in [0.3, 0.4) is 0 Å². The van der Waals surface area contributed by atoms with Crippen LogP contribution in [0.25, 0.3) is 10.8 Å². The van der Waals surface area contributed by atoms with Crippen LogP contribution in [0.5, 0.6) is 5.75 Å². The van der Waals surface area contributed by atoms with Crippen molar-refractivity contribution in [2.75, 3.05) is 13.2 Å². The molecule has 1 aliphatic heterocycles. The van der Waals surface area contributed by atoms with Gasteiger partial charge in [-0.3, -0.25) is 0 Å². The Hall–Kier alpha value is -1.54. The number of ether oxygens (including phenoxy) is 1. The molecule has 3 rings (SSSR count). The summed E-state index contributed by atoms with van der Waals surface area (Å²) in [7, 11) is 0. The van der Waals surface area contributed by atoms with Crippen molar-refractivity contribution in [1.29, 1.82) is 0 Å². The molecule has 1 N–H and O–H groups in total. The van der Waals surface area contributed by atoms with Crippen molar-refractivity contribution in [3.05, 3.63) is 42.5 Å². The van der Waals surface area contributed by atoms with E-state index in [1.807, 2.05) is 0 Å². The quantitative estimate of drug-likeness (QED) is 0.898. The highest BCUT2D eigenvalue weighted by Crippen LogP contribution is 2.25. The molecule has 2 nitrogen and oxygen atoms in total. The van der Waals surface area contributed by atoms with E-state index >= 15 is 0 Å². The minimum atomic E-state index is 0.642. The topological polar surface area (TPSA) is 21.3 Å². The molecule has 1 aliphatic rings. The summed E-state index contributed by atoms with van der Waals surface area (Å²) in [6.07, 6.45) is 5.06. The van der Waals surface area contributed by atoms with Gasteiger partial charge in [0.15, 0.2) is 0 Å². The molecule has 2 aromatic rings. The summed E-state index contributed by atoms with van der Waals surface area (Å²) in [5.74, 6) is 1.01. The minimum Gasteiger partial charge on any atom is -0.493 e. The van der Waals surface area contributed by atoms with Crippen molar-refractivity contribution in [3.63, 3.8) is 0 Å². The van der Waals surface area contributed by atoms with Crippen LogP contribution in [0, 0.1) is 0 Å². The maximum atomic E-state index is 5.98. The third-order valence-corrected chi connectivity index (χ3v) is 3.89. The van der Waals surface area contributed by atoms with Gasteiger partial charge in [0.1, 0.15) is 5.75 Å². The first kappa shape index (κ1) is 12.5. The van der Waals surface area contributed by atoms with Gasteiger partial charge in [0, 0.05) is 11.4 Å². The fraction of sp³-hybridized carbons (Fsp3) is 0.412. The first-order chi connectivity index (χ1) is 9.43. The Kier molecular flexibility index (Phi) is 3.99. The van der Waals surface area contributed by atoms with Crippen LogP contribution in [0.15, 0.2) is 42.5 Å². The third kappa shape index (κ3) is 3.07. The number of rotatable bonds is 4. The van der Waals surface area contributed by atoms with E-state index in [2.05, 4.69) is 47.8 Å². The molecule has 0 spiro atoms. The molecule has 1 saturated heterocycles. The second-order valence-corrected chi connectivity index (χ2v) is 5.26. The highest BCUT2D eigenvalue weighted by molar-refractivity contribution is 5.88. The van der Waals surface area contributed by atoms with Gasteiger partial charge in [-0.05, 0) is 37.3 Å². The zero-order valence-corrected chi connectivity index (χ0v) is 11.3. The molecular weight excluding hydrogens is 234 g/mol.